The van der Waals surface area contributed by atoms with E-state index in [1.807, 2.05) is 0 Å². The Hall–Kier alpha value is -2.98. The Morgan fingerprint density at radius 3 is 2.23 bits per heavy atom. The van der Waals surface area contributed by atoms with Gasteiger partial charge in [0.2, 0.25) is 10.0 Å². The lowest BCUT2D eigenvalue weighted by Crippen LogP contribution is -2.43. The molecule has 1 aliphatic heterocycles. The van der Waals surface area contributed by atoms with E-state index in [4.69, 9.17) is 4.74 Å². The molecule has 10 heteroatoms. The molecule has 166 valence electrons. The second kappa shape index (κ2) is 8.64. The van der Waals surface area contributed by atoms with Crippen molar-refractivity contribution in [3.8, 4) is 5.75 Å². The minimum atomic E-state index is -3.54. The van der Waals surface area contributed by atoms with Crippen molar-refractivity contribution in [2.75, 3.05) is 27.2 Å². The Morgan fingerprint density at radius 2 is 1.68 bits per heavy atom. The normalized spacial score (nSPS) is 19.1. The molecule has 2 aromatic carbocycles. The standard InChI is InChI=1S/C21H24FN3O5S/c1-4-21(15-5-7-16(22)8-6-15)19(26)25(20(27)23-21)13-14-30-17-9-11-18(12-10-17)31(28,29)24(2)3/h5-12H,4,13-14H2,1-3H3,(H,23,27). The number of rotatable bonds is 8. The van der Waals surface area contributed by atoms with Gasteiger partial charge in [-0.25, -0.2) is 21.9 Å². The third-order valence-electron chi connectivity index (χ3n) is 5.23. The summed E-state index contributed by atoms with van der Waals surface area (Å²) >= 11 is 0. The van der Waals surface area contributed by atoms with E-state index in [0.29, 0.717) is 17.7 Å². The van der Waals surface area contributed by atoms with E-state index < -0.39 is 33.3 Å². The maximum Gasteiger partial charge on any atom is 0.325 e. The predicted molar refractivity (Wildman–Crippen MR) is 111 cm³/mol. The minimum Gasteiger partial charge on any atom is -0.492 e. The molecule has 1 atom stereocenters. The fourth-order valence-electron chi connectivity index (χ4n) is 3.38. The average Bonchev–Trinajstić information content (AvgIpc) is 2.99. The number of ether oxygens (including phenoxy) is 1. The number of imide groups is 1. The number of hydrogen-bond donors (Lipinski definition) is 1. The van der Waals surface area contributed by atoms with Gasteiger partial charge in [-0.05, 0) is 48.4 Å². The Morgan fingerprint density at radius 1 is 1.06 bits per heavy atom. The molecule has 0 saturated carbocycles. The number of halogens is 1. The molecule has 0 aromatic heterocycles. The summed E-state index contributed by atoms with van der Waals surface area (Å²) in [5.41, 5.74) is -0.733. The first-order chi connectivity index (χ1) is 14.6. The van der Waals surface area contributed by atoms with E-state index in [9.17, 15) is 22.4 Å². The third-order valence-corrected chi connectivity index (χ3v) is 7.06. The molecule has 8 nitrogen and oxygen atoms in total. The van der Waals surface area contributed by atoms with E-state index in [1.54, 1.807) is 6.92 Å². The summed E-state index contributed by atoms with van der Waals surface area (Å²) < 4.78 is 44.2. The quantitative estimate of drug-likeness (QED) is 0.624. The summed E-state index contributed by atoms with van der Waals surface area (Å²) in [6.07, 6.45) is 0.308. The average molecular weight is 450 g/mol. The Labute approximate surface area is 180 Å². The maximum absolute atomic E-state index is 13.3. The molecule has 0 spiro atoms. The van der Waals surface area contributed by atoms with Crippen molar-refractivity contribution in [1.29, 1.82) is 0 Å². The van der Waals surface area contributed by atoms with E-state index in [2.05, 4.69) is 5.32 Å². The summed E-state index contributed by atoms with van der Waals surface area (Å²) in [4.78, 5) is 26.7. The summed E-state index contributed by atoms with van der Waals surface area (Å²) in [7, 11) is -0.649. The predicted octanol–water partition coefficient (Wildman–Crippen LogP) is 2.31. The van der Waals surface area contributed by atoms with Gasteiger partial charge in [0.1, 0.15) is 23.7 Å². The van der Waals surface area contributed by atoms with E-state index in [-0.39, 0.29) is 18.0 Å². The molecule has 0 aliphatic carbocycles. The van der Waals surface area contributed by atoms with Gasteiger partial charge in [0.15, 0.2) is 0 Å². The fraction of sp³-hybridized carbons (Fsp3) is 0.333. The van der Waals surface area contributed by atoms with Crippen LogP contribution in [-0.4, -0.2) is 56.8 Å². The van der Waals surface area contributed by atoms with Gasteiger partial charge in [0.05, 0.1) is 11.4 Å². The number of nitrogens with one attached hydrogen (secondary N) is 1. The van der Waals surface area contributed by atoms with Crippen molar-refractivity contribution in [3.05, 3.63) is 59.9 Å². The van der Waals surface area contributed by atoms with Gasteiger partial charge in [-0.3, -0.25) is 9.69 Å². The van der Waals surface area contributed by atoms with Gasteiger partial charge >= 0.3 is 6.03 Å². The number of nitrogens with zero attached hydrogens (tertiary/aromatic N) is 2. The molecule has 3 rings (SSSR count). The van der Waals surface area contributed by atoms with Gasteiger partial charge in [0, 0.05) is 14.1 Å². The zero-order chi connectivity index (χ0) is 22.8. The van der Waals surface area contributed by atoms with Crippen LogP contribution < -0.4 is 10.1 Å². The van der Waals surface area contributed by atoms with Crippen LogP contribution in [0.15, 0.2) is 53.4 Å². The van der Waals surface area contributed by atoms with E-state index >= 15 is 0 Å². The maximum atomic E-state index is 13.3. The van der Waals surface area contributed by atoms with Gasteiger partial charge < -0.3 is 10.1 Å². The first kappa shape index (κ1) is 22.7. The van der Waals surface area contributed by atoms with Crippen LogP contribution in [0.25, 0.3) is 0 Å². The van der Waals surface area contributed by atoms with Crippen LogP contribution in [0.5, 0.6) is 5.75 Å². The Kier molecular flexibility index (Phi) is 6.33. The van der Waals surface area contributed by atoms with Gasteiger partial charge in [0.25, 0.3) is 5.91 Å². The highest BCUT2D eigenvalue weighted by Crippen LogP contribution is 2.32. The molecule has 2 aromatic rings. The van der Waals surface area contributed by atoms with Crippen molar-refractivity contribution in [2.45, 2.75) is 23.8 Å². The molecule has 1 unspecified atom stereocenters. The molecule has 3 amide bonds. The summed E-state index contributed by atoms with van der Waals surface area (Å²) in [5.74, 6) is -0.450. The number of sulfonamides is 1. The van der Waals surface area contributed by atoms with E-state index in [1.165, 1.54) is 62.6 Å². The zero-order valence-electron chi connectivity index (χ0n) is 17.5. The number of amides is 3. The molecule has 1 aliphatic rings. The van der Waals surface area contributed by atoms with Crippen molar-refractivity contribution >= 4 is 22.0 Å². The van der Waals surface area contributed by atoms with Gasteiger partial charge in [-0.15, -0.1) is 0 Å². The highest BCUT2D eigenvalue weighted by molar-refractivity contribution is 7.89. The number of carbonyl (C=O) groups excluding carboxylic acids is 2. The highest BCUT2D eigenvalue weighted by Gasteiger charge is 2.51. The highest BCUT2D eigenvalue weighted by atomic mass is 32.2. The molecule has 0 radical (unpaired) electrons. The Balaban J connectivity index is 1.66. The topological polar surface area (TPSA) is 96.0 Å². The molecule has 0 bridgehead atoms. The first-order valence-corrected chi connectivity index (χ1v) is 11.1. The van der Waals surface area contributed by atoms with Crippen LogP contribution in [0.3, 0.4) is 0 Å². The zero-order valence-corrected chi connectivity index (χ0v) is 18.3. The number of urea groups is 1. The van der Waals surface area contributed by atoms with E-state index in [0.717, 1.165) is 9.21 Å². The minimum absolute atomic E-state index is 0.00532. The molecular formula is C21H24FN3O5S. The van der Waals surface area contributed by atoms with Gasteiger partial charge in [-0.1, -0.05) is 19.1 Å². The molecular weight excluding hydrogens is 425 g/mol. The largest absolute Gasteiger partial charge is 0.492 e. The monoisotopic (exact) mass is 449 g/mol. The molecule has 1 fully saturated rings. The van der Waals surface area contributed by atoms with Crippen LogP contribution >= 0.6 is 0 Å². The third kappa shape index (κ3) is 4.26. The molecule has 31 heavy (non-hydrogen) atoms. The SMILES string of the molecule is CCC1(c2ccc(F)cc2)NC(=O)N(CCOc2ccc(S(=O)(=O)N(C)C)cc2)C1=O. The number of benzene rings is 2. The van der Waals surface area contributed by atoms with Crippen molar-refractivity contribution in [1.82, 2.24) is 14.5 Å². The van der Waals surface area contributed by atoms with Crippen molar-refractivity contribution < 1.29 is 27.1 Å². The second-order valence-electron chi connectivity index (χ2n) is 7.26. The van der Waals surface area contributed by atoms with Crippen LogP contribution in [0.4, 0.5) is 9.18 Å². The number of hydrogen-bond acceptors (Lipinski definition) is 5. The summed E-state index contributed by atoms with van der Waals surface area (Å²) in [5, 5.41) is 2.72. The smallest absolute Gasteiger partial charge is 0.325 e. The Bertz CT molecular complexity index is 1070. The summed E-state index contributed by atoms with van der Waals surface area (Å²) in [6.45, 7) is 1.80. The van der Waals surface area contributed by atoms with Crippen molar-refractivity contribution in [3.63, 3.8) is 0 Å². The van der Waals surface area contributed by atoms with Crippen LogP contribution in [0.2, 0.25) is 0 Å². The van der Waals surface area contributed by atoms with Gasteiger partial charge in [-0.2, -0.15) is 0 Å². The lowest BCUT2D eigenvalue weighted by atomic mass is 9.87. The molecule has 1 saturated heterocycles. The van der Waals surface area contributed by atoms with Crippen LogP contribution in [0, 0.1) is 5.82 Å². The lowest BCUT2D eigenvalue weighted by molar-refractivity contribution is -0.132. The van der Waals surface area contributed by atoms with Crippen LogP contribution in [0.1, 0.15) is 18.9 Å². The molecule has 1 N–H and O–H groups in total. The first-order valence-electron chi connectivity index (χ1n) is 9.67. The fourth-order valence-corrected chi connectivity index (χ4v) is 4.28. The van der Waals surface area contributed by atoms with Crippen LogP contribution in [-0.2, 0) is 20.4 Å². The van der Waals surface area contributed by atoms with Crippen molar-refractivity contribution in [2.24, 2.45) is 0 Å². The number of carbonyl (C=O) groups is 2. The molecule has 1 heterocycles. The second-order valence-corrected chi connectivity index (χ2v) is 9.41. The lowest BCUT2D eigenvalue weighted by Gasteiger charge is -2.25. The summed E-state index contributed by atoms with van der Waals surface area (Å²) in [6, 6.07) is 10.8.